The zero-order valence-corrected chi connectivity index (χ0v) is 30.3. The number of nitriles is 1. The average molecular weight is 732 g/mol. The summed E-state index contributed by atoms with van der Waals surface area (Å²) in [6.45, 7) is 0. The number of aromatic nitrogens is 6. The third-order valence-electron chi connectivity index (χ3n) is 9.85. The van der Waals surface area contributed by atoms with Crippen LogP contribution >= 0.6 is 0 Å². The number of fused-ring (bicyclic) bond motifs is 3. The van der Waals surface area contributed by atoms with Crippen LogP contribution in [0.5, 0.6) is 0 Å². The van der Waals surface area contributed by atoms with Gasteiger partial charge in [0.25, 0.3) is 0 Å². The Morgan fingerprint density at radius 3 is 1.28 bits per heavy atom. The molecule has 0 N–H and O–H groups in total. The molecular formula is C49H29N7O. The summed E-state index contributed by atoms with van der Waals surface area (Å²) in [5, 5.41) is 11.1. The molecule has 10 aromatic rings. The summed E-state index contributed by atoms with van der Waals surface area (Å²) in [5.41, 5.74) is 9.20. The predicted molar refractivity (Wildman–Crippen MR) is 223 cm³/mol. The highest BCUT2D eigenvalue weighted by molar-refractivity contribution is 6.10. The van der Waals surface area contributed by atoms with Gasteiger partial charge in [-0.05, 0) is 47.5 Å². The van der Waals surface area contributed by atoms with Gasteiger partial charge in [0, 0.05) is 38.6 Å². The van der Waals surface area contributed by atoms with Crippen LogP contribution in [0.3, 0.4) is 0 Å². The number of hydrogen-bond acceptors (Lipinski definition) is 8. The molecule has 8 heteroatoms. The van der Waals surface area contributed by atoms with Crippen molar-refractivity contribution in [3.63, 3.8) is 0 Å². The molecular weight excluding hydrogens is 703 g/mol. The Balaban J connectivity index is 1.08. The van der Waals surface area contributed by atoms with Crippen LogP contribution in [0, 0.1) is 11.3 Å². The van der Waals surface area contributed by atoms with Crippen molar-refractivity contribution in [1.29, 1.82) is 5.26 Å². The summed E-state index contributed by atoms with van der Waals surface area (Å²) in [6.07, 6.45) is 0. The molecule has 7 aromatic carbocycles. The maximum absolute atomic E-state index is 9.22. The largest absolute Gasteiger partial charge is 0.455 e. The van der Waals surface area contributed by atoms with E-state index in [1.807, 2.05) is 164 Å². The summed E-state index contributed by atoms with van der Waals surface area (Å²) in [6, 6.07) is 59.7. The summed E-state index contributed by atoms with van der Waals surface area (Å²) in [4.78, 5) is 29.8. The highest BCUT2D eigenvalue weighted by atomic mass is 16.3. The van der Waals surface area contributed by atoms with E-state index in [9.17, 15) is 5.26 Å². The van der Waals surface area contributed by atoms with Crippen LogP contribution in [0.15, 0.2) is 180 Å². The molecule has 0 amide bonds. The fraction of sp³-hybridized carbons (Fsp3) is 0. The molecule has 0 saturated heterocycles. The van der Waals surface area contributed by atoms with E-state index in [2.05, 4.69) is 18.2 Å². The van der Waals surface area contributed by atoms with Crippen LogP contribution in [0.25, 0.3) is 101 Å². The maximum Gasteiger partial charge on any atom is 0.167 e. The zero-order valence-electron chi connectivity index (χ0n) is 30.3. The summed E-state index contributed by atoms with van der Waals surface area (Å²) in [5.74, 6) is 3.36. The highest BCUT2D eigenvalue weighted by Crippen LogP contribution is 2.38. The molecule has 3 aromatic heterocycles. The van der Waals surface area contributed by atoms with Gasteiger partial charge in [0.15, 0.2) is 34.9 Å². The van der Waals surface area contributed by atoms with Crippen LogP contribution < -0.4 is 0 Å². The Bertz CT molecular complexity index is 3050. The molecule has 266 valence electrons. The molecule has 8 nitrogen and oxygen atoms in total. The second kappa shape index (κ2) is 14.3. The lowest BCUT2D eigenvalue weighted by Crippen LogP contribution is -2.00. The third-order valence-corrected chi connectivity index (χ3v) is 9.85. The molecule has 3 heterocycles. The quantitative estimate of drug-likeness (QED) is 0.159. The Kier molecular flexibility index (Phi) is 8.36. The van der Waals surface area contributed by atoms with E-state index in [0.717, 1.165) is 60.9 Å². The standard InChI is InChI=1S/C49H29N7O/c50-30-31-19-21-32(22-20-31)33-23-25-37(26-24-33)47-51-44(34-11-4-1-5-12-34)53-48(54-47)38-27-28-42-41(29-38)39-17-10-18-40(43(39)57-42)49-55-45(35-13-6-2-7-14-35)52-46(56-49)36-15-8-3-9-16-36/h1-29H. The first-order chi connectivity index (χ1) is 28.2. The molecule has 0 saturated carbocycles. The van der Waals surface area contributed by atoms with Gasteiger partial charge in [0.1, 0.15) is 11.2 Å². The van der Waals surface area contributed by atoms with Gasteiger partial charge < -0.3 is 4.42 Å². The fourth-order valence-electron chi connectivity index (χ4n) is 6.94. The lowest BCUT2D eigenvalue weighted by molar-refractivity contribution is 0.669. The van der Waals surface area contributed by atoms with Gasteiger partial charge in [-0.3, -0.25) is 0 Å². The molecule has 0 aliphatic heterocycles. The van der Waals surface area contributed by atoms with E-state index in [1.165, 1.54) is 0 Å². The van der Waals surface area contributed by atoms with Crippen molar-refractivity contribution >= 4 is 21.9 Å². The van der Waals surface area contributed by atoms with E-state index in [-0.39, 0.29) is 0 Å². The van der Waals surface area contributed by atoms with Crippen LogP contribution in [0.4, 0.5) is 0 Å². The number of furan rings is 1. The van der Waals surface area contributed by atoms with Gasteiger partial charge in [-0.25, -0.2) is 29.9 Å². The minimum Gasteiger partial charge on any atom is -0.455 e. The molecule has 0 fully saturated rings. The maximum atomic E-state index is 9.22. The van der Waals surface area contributed by atoms with E-state index in [0.29, 0.717) is 46.1 Å². The Morgan fingerprint density at radius 2 is 0.772 bits per heavy atom. The molecule has 0 atom stereocenters. The molecule has 0 radical (unpaired) electrons. The summed E-state index contributed by atoms with van der Waals surface area (Å²) >= 11 is 0. The van der Waals surface area contributed by atoms with E-state index < -0.39 is 0 Å². The van der Waals surface area contributed by atoms with Crippen molar-refractivity contribution in [2.75, 3.05) is 0 Å². The SMILES string of the molecule is N#Cc1ccc(-c2ccc(-c3nc(-c4ccccc4)nc(-c4ccc5oc6c(-c7nc(-c8ccccc8)nc(-c8ccccc8)n7)cccc6c5c4)n3)cc2)cc1. The van der Waals surface area contributed by atoms with Gasteiger partial charge in [-0.2, -0.15) is 5.26 Å². The van der Waals surface area contributed by atoms with E-state index in [4.69, 9.17) is 34.3 Å². The van der Waals surface area contributed by atoms with Gasteiger partial charge >= 0.3 is 0 Å². The normalized spacial score (nSPS) is 11.1. The average Bonchev–Trinajstić information content (AvgIpc) is 3.68. The van der Waals surface area contributed by atoms with Crippen LogP contribution in [-0.2, 0) is 0 Å². The number of para-hydroxylation sites is 1. The first kappa shape index (κ1) is 33.4. The monoisotopic (exact) mass is 731 g/mol. The van der Waals surface area contributed by atoms with Gasteiger partial charge in [0.05, 0.1) is 17.2 Å². The van der Waals surface area contributed by atoms with Crippen molar-refractivity contribution < 1.29 is 4.42 Å². The Labute approximate surface area is 327 Å². The minimum atomic E-state index is 0.521. The van der Waals surface area contributed by atoms with Crippen molar-refractivity contribution in [1.82, 2.24) is 29.9 Å². The van der Waals surface area contributed by atoms with Crippen molar-refractivity contribution in [2.45, 2.75) is 0 Å². The molecule has 0 aliphatic carbocycles. The van der Waals surface area contributed by atoms with E-state index >= 15 is 0 Å². The molecule has 10 rings (SSSR count). The lowest BCUT2D eigenvalue weighted by Gasteiger charge is -2.09. The summed E-state index contributed by atoms with van der Waals surface area (Å²) in [7, 11) is 0. The zero-order chi connectivity index (χ0) is 38.1. The molecule has 0 bridgehead atoms. The Morgan fingerprint density at radius 1 is 0.351 bits per heavy atom. The predicted octanol–water partition coefficient (Wildman–Crippen LogP) is 11.5. The second-order valence-electron chi connectivity index (χ2n) is 13.5. The topological polar surface area (TPSA) is 114 Å². The van der Waals surface area contributed by atoms with Gasteiger partial charge in [0.2, 0.25) is 0 Å². The highest BCUT2D eigenvalue weighted by Gasteiger charge is 2.19. The van der Waals surface area contributed by atoms with Gasteiger partial charge in [-0.1, -0.05) is 140 Å². The molecule has 0 aliphatic rings. The lowest BCUT2D eigenvalue weighted by atomic mass is 10.0. The second-order valence-corrected chi connectivity index (χ2v) is 13.5. The van der Waals surface area contributed by atoms with Crippen LogP contribution in [0.2, 0.25) is 0 Å². The summed E-state index contributed by atoms with van der Waals surface area (Å²) < 4.78 is 6.60. The van der Waals surface area contributed by atoms with Crippen molar-refractivity contribution in [3.8, 4) is 85.5 Å². The van der Waals surface area contributed by atoms with E-state index in [1.54, 1.807) is 0 Å². The number of hydrogen-bond donors (Lipinski definition) is 0. The van der Waals surface area contributed by atoms with Crippen molar-refractivity contribution in [3.05, 3.63) is 181 Å². The van der Waals surface area contributed by atoms with Gasteiger partial charge in [-0.15, -0.1) is 0 Å². The molecule has 57 heavy (non-hydrogen) atoms. The minimum absolute atomic E-state index is 0.521. The van der Waals surface area contributed by atoms with Crippen LogP contribution in [-0.4, -0.2) is 29.9 Å². The van der Waals surface area contributed by atoms with Crippen LogP contribution in [0.1, 0.15) is 5.56 Å². The third kappa shape index (κ3) is 6.45. The first-order valence-corrected chi connectivity index (χ1v) is 18.4. The first-order valence-electron chi connectivity index (χ1n) is 18.4. The van der Waals surface area contributed by atoms with Crippen molar-refractivity contribution in [2.24, 2.45) is 0 Å². The number of nitrogens with zero attached hydrogens (tertiary/aromatic N) is 7. The Hall–Kier alpha value is -8.15. The molecule has 0 unspecified atom stereocenters. The molecule has 0 spiro atoms. The number of benzene rings is 7. The fourth-order valence-corrected chi connectivity index (χ4v) is 6.94. The smallest absolute Gasteiger partial charge is 0.167 e. The number of rotatable bonds is 7.